The molecule has 0 fully saturated rings. The number of benzene rings is 4. The van der Waals surface area contributed by atoms with Gasteiger partial charge in [-0.1, -0.05) is 49.7 Å². The standard InChI is InChI=1S/C33H24F10O2/c1-2-3-19-4-6-20(7-5-19)8-9-21-10-11-24(25(34)14-21)22-15-26(35)30(27(36)16-22)33(42,43)45-23-17-28(37)31(29(38)18-23)44-13-12-32(39,40)41/h4-7,10-18H,2-3,8-9H2,1H3. The Balaban J connectivity index is 1.50. The van der Waals surface area contributed by atoms with Crippen molar-refractivity contribution >= 4 is 0 Å². The Morgan fingerprint density at radius 2 is 1.16 bits per heavy atom. The highest BCUT2D eigenvalue weighted by Gasteiger charge is 2.41. The van der Waals surface area contributed by atoms with E-state index in [1.54, 1.807) is 6.07 Å². The smallest absolute Gasteiger partial charge is 0.432 e. The van der Waals surface area contributed by atoms with Gasteiger partial charge in [-0.15, -0.1) is 0 Å². The molecule has 4 rings (SSSR count). The minimum atomic E-state index is -4.86. The summed E-state index contributed by atoms with van der Waals surface area (Å²) in [5.74, 6) is -10.7. The number of halogens is 10. The first-order valence-electron chi connectivity index (χ1n) is 13.5. The number of alkyl halides is 5. The SMILES string of the molecule is CCCc1ccc(CCc2ccc(-c3cc(F)c(C(F)(F)Oc4cc(F)c(OC=CC(F)(F)F)c(F)c4)c(F)c3)c(F)c2)cc1. The second-order valence-corrected chi connectivity index (χ2v) is 9.99. The van der Waals surface area contributed by atoms with E-state index in [1.165, 1.54) is 17.7 Å². The van der Waals surface area contributed by atoms with Gasteiger partial charge in [0.1, 0.15) is 28.8 Å². The predicted molar refractivity (Wildman–Crippen MR) is 146 cm³/mol. The van der Waals surface area contributed by atoms with E-state index in [9.17, 15) is 43.9 Å². The molecule has 0 N–H and O–H groups in total. The third-order valence-electron chi connectivity index (χ3n) is 6.60. The number of rotatable bonds is 11. The highest BCUT2D eigenvalue weighted by Crippen LogP contribution is 2.39. The lowest BCUT2D eigenvalue weighted by Crippen LogP contribution is -2.25. The maximum atomic E-state index is 15.0. The lowest BCUT2D eigenvalue weighted by molar-refractivity contribution is -0.189. The minimum absolute atomic E-state index is 0.0768. The van der Waals surface area contributed by atoms with Crippen LogP contribution in [0, 0.1) is 29.1 Å². The van der Waals surface area contributed by atoms with E-state index < -0.39 is 70.1 Å². The quantitative estimate of drug-likeness (QED) is 0.120. The number of hydrogen-bond acceptors (Lipinski definition) is 2. The van der Waals surface area contributed by atoms with Gasteiger partial charge in [0.25, 0.3) is 0 Å². The lowest BCUT2D eigenvalue weighted by atomic mass is 9.98. The molecule has 0 aliphatic rings. The molecule has 0 saturated heterocycles. The first kappa shape index (κ1) is 33.4. The molecule has 0 heterocycles. The van der Waals surface area contributed by atoms with E-state index >= 15 is 0 Å². The van der Waals surface area contributed by atoms with Crippen LogP contribution in [0.5, 0.6) is 11.5 Å². The number of ether oxygens (including phenoxy) is 2. The van der Waals surface area contributed by atoms with Crippen molar-refractivity contribution in [3.05, 3.63) is 130 Å². The average Bonchev–Trinajstić information content (AvgIpc) is 2.93. The van der Waals surface area contributed by atoms with E-state index in [0.29, 0.717) is 30.5 Å². The van der Waals surface area contributed by atoms with Crippen molar-refractivity contribution in [2.45, 2.75) is 44.9 Å². The number of hydrogen-bond donors (Lipinski definition) is 0. The van der Waals surface area contributed by atoms with Crippen LogP contribution >= 0.6 is 0 Å². The Bertz CT molecular complexity index is 1630. The van der Waals surface area contributed by atoms with Crippen LogP contribution in [-0.2, 0) is 25.4 Å². The van der Waals surface area contributed by atoms with Crippen molar-refractivity contribution < 1.29 is 53.4 Å². The van der Waals surface area contributed by atoms with Gasteiger partial charge in [0, 0.05) is 17.7 Å². The highest BCUT2D eigenvalue weighted by molar-refractivity contribution is 5.65. The topological polar surface area (TPSA) is 18.5 Å². The molecule has 238 valence electrons. The summed E-state index contributed by atoms with van der Waals surface area (Å²) in [4.78, 5) is 0. The Labute approximate surface area is 251 Å². The van der Waals surface area contributed by atoms with Crippen LogP contribution in [0.1, 0.15) is 35.6 Å². The molecule has 0 amide bonds. The van der Waals surface area contributed by atoms with Crippen LogP contribution in [0.3, 0.4) is 0 Å². The summed E-state index contributed by atoms with van der Waals surface area (Å²) in [6.07, 6.45) is -7.20. The van der Waals surface area contributed by atoms with Crippen molar-refractivity contribution in [1.82, 2.24) is 0 Å². The van der Waals surface area contributed by atoms with Gasteiger partial charge in [-0.05, 0) is 59.7 Å². The van der Waals surface area contributed by atoms with Gasteiger partial charge < -0.3 is 9.47 Å². The maximum Gasteiger partial charge on any atom is 0.432 e. The minimum Gasteiger partial charge on any atom is -0.459 e. The zero-order chi connectivity index (χ0) is 32.9. The molecule has 2 nitrogen and oxygen atoms in total. The van der Waals surface area contributed by atoms with Gasteiger partial charge in [-0.2, -0.15) is 22.0 Å². The largest absolute Gasteiger partial charge is 0.459 e. The van der Waals surface area contributed by atoms with Gasteiger partial charge in [-0.25, -0.2) is 22.0 Å². The van der Waals surface area contributed by atoms with Crippen LogP contribution in [0.15, 0.2) is 79.1 Å². The summed E-state index contributed by atoms with van der Waals surface area (Å²) in [6.45, 7) is 2.08. The van der Waals surface area contributed by atoms with Crippen molar-refractivity contribution in [3.8, 4) is 22.6 Å². The highest BCUT2D eigenvalue weighted by atomic mass is 19.4. The predicted octanol–water partition coefficient (Wildman–Crippen LogP) is 10.4. The third kappa shape index (κ3) is 8.58. The summed E-state index contributed by atoms with van der Waals surface area (Å²) in [5.41, 5.74) is 0.245. The van der Waals surface area contributed by atoms with Crippen LogP contribution in [0.25, 0.3) is 11.1 Å². The van der Waals surface area contributed by atoms with Gasteiger partial charge >= 0.3 is 12.3 Å². The van der Waals surface area contributed by atoms with Crippen LogP contribution in [-0.4, -0.2) is 6.18 Å². The van der Waals surface area contributed by atoms with Crippen molar-refractivity contribution in [2.75, 3.05) is 0 Å². The molecule has 4 aromatic carbocycles. The van der Waals surface area contributed by atoms with E-state index in [4.69, 9.17) is 0 Å². The van der Waals surface area contributed by atoms with Crippen LogP contribution in [0.2, 0.25) is 0 Å². The lowest BCUT2D eigenvalue weighted by Gasteiger charge is -2.20. The molecule has 0 aromatic heterocycles. The molecule has 12 heteroatoms. The Hall–Kier alpha value is -4.48. The molecule has 0 bridgehead atoms. The molecule has 0 saturated carbocycles. The zero-order valence-corrected chi connectivity index (χ0v) is 23.4. The van der Waals surface area contributed by atoms with E-state index in [1.807, 2.05) is 24.3 Å². The Morgan fingerprint density at radius 1 is 0.622 bits per heavy atom. The van der Waals surface area contributed by atoms with Crippen LogP contribution < -0.4 is 9.47 Å². The summed E-state index contributed by atoms with van der Waals surface area (Å²) in [6, 6.07) is 13.2. The fourth-order valence-corrected chi connectivity index (χ4v) is 4.49. The molecule has 0 spiro atoms. The van der Waals surface area contributed by atoms with Gasteiger partial charge in [0.2, 0.25) is 0 Å². The molecule has 0 aliphatic carbocycles. The van der Waals surface area contributed by atoms with Gasteiger partial charge in [0.15, 0.2) is 17.4 Å². The number of aryl methyl sites for hydroxylation is 3. The molecule has 0 aliphatic heterocycles. The Morgan fingerprint density at radius 3 is 1.69 bits per heavy atom. The van der Waals surface area contributed by atoms with Gasteiger partial charge in [-0.3, -0.25) is 0 Å². The molecule has 45 heavy (non-hydrogen) atoms. The fourth-order valence-electron chi connectivity index (χ4n) is 4.49. The zero-order valence-electron chi connectivity index (χ0n) is 23.4. The molecule has 4 aromatic rings. The fraction of sp³-hybridized carbons (Fsp3) is 0.212. The monoisotopic (exact) mass is 642 g/mol. The summed E-state index contributed by atoms with van der Waals surface area (Å²) >= 11 is 0. The van der Waals surface area contributed by atoms with Gasteiger partial charge in [0.05, 0.1) is 12.3 Å². The van der Waals surface area contributed by atoms with Crippen LogP contribution in [0.4, 0.5) is 43.9 Å². The van der Waals surface area contributed by atoms with Crippen molar-refractivity contribution in [2.24, 2.45) is 0 Å². The first-order chi connectivity index (χ1) is 21.2. The second kappa shape index (κ2) is 13.7. The Kier molecular flexibility index (Phi) is 10.1. The van der Waals surface area contributed by atoms with E-state index in [0.717, 1.165) is 18.4 Å². The normalized spacial score (nSPS) is 12.2. The molecular weight excluding hydrogens is 618 g/mol. The summed E-state index contributed by atoms with van der Waals surface area (Å²) < 4.78 is 148. The molecule has 0 unspecified atom stereocenters. The second-order valence-electron chi connectivity index (χ2n) is 9.99. The van der Waals surface area contributed by atoms with Crippen molar-refractivity contribution in [3.63, 3.8) is 0 Å². The maximum absolute atomic E-state index is 15.0. The molecule has 0 radical (unpaired) electrons. The molecule has 0 atom stereocenters. The van der Waals surface area contributed by atoms with E-state index in [2.05, 4.69) is 16.4 Å². The van der Waals surface area contributed by atoms with Crippen molar-refractivity contribution in [1.29, 1.82) is 0 Å². The first-order valence-corrected chi connectivity index (χ1v) is 13.5. The third-order valence-corrected chi connectivity index (χ3v) is 6.60. The number of allylic oxidation sites excluding steroid dienone is 1. The molecular formula is C33H24F10O2. The average molecular weight is 643 g/mol. The summed E-state index contributed by atoms with van der Waals surface area (Å²) in [5, 5.41) is 0. The summed E-state index contributed by atoms with van der Waals surface area (Å²) in [7, 11) is 0. The van der Waals surface area contributed by atoms with E-state index in [-0.39, 0.29) is 24.0 Å².